The average Bonchev–Trinajstić information content (AvgIpc) is 3.66. The summed E-state index contributed by atoms with van der Waals surface area (Å²) in [7, 11) is 0. The molecule has 186 valence electrons. The number of fused-ring (bicyclic) bond motifs is 2. The molecule has 0 atom stereocenters. The van der Waals surface area contributed by atoms with Crippen molar-refractivity contribution in [1.82, 2.24) is 34.9 Å². The maximum Gasteiger partial charge on any atom is 0.199 e. The second-order valence-electron chi connectivity index (χ2n) is 7.79. The van der Waals surface area contributed by atoms with Crippen LogP contribution in [0.2, 0.25) is 0 Å². The number of aromatic nitrogens is 7. The monoisotopic (exact) mass is 523 g/mol. The first-order chi connectivity index (χ1) is 19.5. The molecule has 0 aromatic carbocycles. The number of hydrogen-bond donors (Lipinski definition) is 1. The highest BCUT2D eigenvalue weighted by Gasteiger charge is 2.25. The summed E-state index contributed by atoms with van der Waals surface area (Å²) in [6.07, 6.45) is 5.70. The van der Waals surface area contributed by atoms with E-state index in [9.17, 15) is 15.8 Å². The normalized spacial score (nSPS) is 15.4. The molecule has 6 heterocycles. The van der Waals surface area contributed by atoms with Crippen LogP contribution in [-0.4, -0.2) is 46.4 Å². The van der Waals surface area contributed by atoms with E-state index in [0.717, 1.165) is 0 Å². The quantitative estimate of drug-likeness (QED) is 0.359. The van der Waals surface area contributed by atoms with Crippen LogP contribution in [0.25, 0.3) is 16.7 Å². The zero-order valence-electron chi connectivity index (χ0n) is 20.0. The van der Waals surface area contributed by atoms with E-state index in [0.29, 0.717) is 5.71 Å². The van der Waals surface area contributed by atoms with Gasteiger partial charge in [0.1, 0.15) is 40.8 Å². The minimum atomic E-state index is -0.248. The third kappa shape index (κ3) is 3.92. The molecule has 0 bridgehead atoms. The zero-order valence-corrected chi connectivity index (χ0v) is 20.0. The number of nitrogens with zero attached hydrogens (tertiary/aromatic N) is 16. The van der Waals surface area contributed by atoms with E-state index in [1.807, 2.05) is 18.2 Å². The van der Waals surface area contributed by atoms with Gasteiger partial charge < -0.3 is 5.73 Å². The van der Waals surface area contributed by atoms with E-state index in [2.05, 4.69) is 64.8 Å². The van der Waals surface area contributed by atoms with Crippen molar-refractivity contribution in [2.75, 3.05) is 0 Å². The number of hydrogen-bond acceptors (Lipinski definition) is 17. The average molecular weight is 523 g/mol. The molecule has 0 spiro atoms. The third-order valence-electron chi connectivity index (χ3n) is 5.35. The van der Waals surface area contributed by atoms with Crippen molar-refractivity contribution < 1.29 is 0 Å². The molecule has 3 aromatic rings. The van der Waals surface area contributed by atoms with E-state index in [1.54, 1.807) is 6.92 Å². The standard InChI is InChI=1S/C23H9N17/c1-9-13(27)33-14(32-9)10(6-24)15-34-16(11(7-25)18-37-20-21(38-18)29-3-2-28-20)36-17(35-15)12(8-26)19-39-22-23(40-19)31-5-4-30-22/h2-5H,1H3,(H2,27,33)/b14-10-. The van der Waals surface area contributed by atoms with Crippen LogP contribution in [0, 0.1) is 34.0 Å². The number of aliphatic imine (C=N–C) groups is 2. The first kappa shape index (κ1) is 23.6. The van der Waals surface area contributed by atoms with Gasteiger partial charge in [-0.2, -0.15) is 15.8 Å². The molecule has 40 heavy (non-hydrogen) atoms. The lowest BCUT2D eigenvalue weighted by molar-refractivity contribution is 0.959. The Morgan fingerprint density at radius 2 is 0.875 bits per heavy atom. The molecule has 17 nitrogen and oxygen atoms in total. The number of nitriles is 3. The summed E-state index contributed by atoms with van der Waals surface area (Å²) in [5, 5.41) is 30.1. The number of amidine groups is 1. The van der Waals surface area contributed by atoms with Gasteiger partial charge in [0.15, 0.2) is 56.9 Å². The topological polar surface area (TPSA) is 262 Å². The molecule has 0 fully saturated rings. The summed E-state index contributed by atoms with van der Waals surface area (Å²) < 4.78 is 0. The van der Waals surface area contributed by atoms with Crippen molar-refractivity contribution in [3.8, 4) is 18.2 Å². The smallest absolute Gasteiger partial charge is 0.199 e. The van der Waals surface area contributed by atoms with Gasteiger partial charge in [0.2, 0.25) is 0 Å². The summed E-state index contributed by atoms with van der Waals surface area (Å²) in [5.74, 6) is -0.824. The van der Waals surface area contributed by atoms with Crippen molar-refractivity contribution in [2.45, 2.75) is 6.92 Å². The van der Waals surface area contributed by atoms with Crippen molar-refractivity contribution in [1.29, 1.82) is 15.8 Å². The Morgan fingerprint density at radius 3 is 1.15 bits per heavy atom. The SMILES string of the molecule is CC1=N/C(=C(\C#N)c2nc(C(C#N)=C3N=c4nccnc4=N3)nc(C(C#N)=C3N=c4nccnc4=N3)n2)N=C1N. The van der Waals surface area contributed by atoms with E-state index in [4.69, 9.17) is 5.73 Å². The molecule has 0 saturated heterocycles. The summed E-state index contributed by atoms with van der Waals surface area (Å²) in [6, 6.07) is 5.91. The van der Waals surface area contributed by atoms with E-state index >= 15 is 0 Å². The molecule has 3 aliphatic heterocycles. The Morgan fingerprint density at radius 1 is 0.550 bits per heavy atom. The number of rotatable bonds is 3. The maximum atomic E-state index is 10.1. The van der Waals surface area contributed by atoms with Gasteiger partial charge in [-0.25, -0.2) is 64.8 Å². The van der Waals surface area contributed by atoms with Crippen molar-refractivity contribution in [3.63, 3.8) is 0 Å². The first-order valence-electron chi connectivity index (χ1n) is 11.1. The minimum Gasteiger partial charge on any atom is -0.382 e. The lowest BCUT2D eigenvalue weighted by atomic mass is 10.2. The second kappa shape index (κ2) is 9.25. The van der Waals surface area contributed by atoms with Crippen molar-refractivity contribution >= 4 is 28.3 Å². The van der Waals surface area contributed by atoms with Gasteiger partial charge in [-0.1, -0.05) is 0 Å². The fourth-order valence-electron chi connectivity index (χ4n) is 3.50. The van der Waals surface area contributed by atoms with E-state index in [-0.39, 0.29) is 79.4 Å². The van der Waals surface area contributed by atoms with E-state index < -0.39 is 0 Å². The molecule has 2 N–H and O–H groups in total. The van der Waals surface area contributed by atoms with Crippen molar-refractivity contribution in [2.24, 2.45) is 35.7 Å². The minimum absolute atomic E-state index is 0.0509. The molecule has 0 unspecified atom stereocenters. The van der Waals surface area contributed by atoms with Crippen LogP contribution in [0.5, 0.6) is 0 Å². The molecule has 17 heteroatoms. The van der Waals surface area contributed by atoms with Gasteiger partial charge >= 0.3 is 0 Å². The fraction of sp³-hybridized carbons (Fsp3) is 0.0435. The molecule has 6 rings (SSSR count). The molecular weight excluding hydrogens is 514 g/mol. The first-order valence-corrected chi connectivity index (χ1v) is 11.1. The maximum absolute atomic E-state index is 10.1. The van der Waals surface area contributed by atoms with Crippen LogP contribution in [0.3, 0.4) is 0 Å². The van der Waals surface area contributed by atoms with Gasteiger partial charge in [-0.15, -0.1) is 0 Å². The van der Waals surface area contributed by atoms with Gasteiger partial charge in [-0.05, 0) is 6.92 Å². The van der Waals surface area contributed by atoms with Gasteiger partial charge in [0.05, 0.1) is 5.71 Å². The number of nitrogens with two attached hydrogens (primary N) is 1. The Balaban J connectivity index is 1.64. The lowest BCUT2D eigenvalue weighted by Crippen LogP contribution is -2.27. The molecule has 0 amide bonds. The summed E-state index contributed by atoms with van der Waals surface area (Å²) in [5.41, 5.74) is 6.42. The molecule has 0 aliphatic carbocycles. The Labute approximate surface area is 221 Å². The predicted octanol–water partition coefficient (Wildman–Crippen LogP) is -2.23. The van der Waals surface area contributed by atoms with Crippen molar-refractivity contribution in [3.05, 3.63) is 81.7 Å². The highest BCUT2D eigenvalue weighted by molar-refractivity contribution is 6.41. The third-order valence-corrected chi connectivity index (χ3v) is 5.35. The molecule has 0 radical (unpaired) electrons. The Kier molecular flexibility index (Phi) is 5.46. The molecule has 3 aliphatic rings. The van der Waals surface area contributed by atoms with Crippen LogP contribution < -0.4 is 27.7 Å². The highest BCUT2D eigenvalue weighted by Crippen LogP contribution is 2.26. The molecule has 3 aromatic heterocycles. The fourth-order valence-corrected chi connectivity index (χ4v) is 3.50. The van der Waals surface area contributed by atoms with Crippen LogP contribution >= 0.6 is 0 Å². The zero-order chi connectivity index (χ0) is 27.8. The summed E-state index contributed by atoms with van der Waals surface area (Å²) in [4.78, 5) is 54.5. The van der Waals surface area contributed by atoms with Crippen LogP contribution in [0.1, 0.15) is 24.4 Å². The Hall–Kier alpha value is -6.80. The van der Waals surface area contributed by atoms with Gasteiger partial charge in [-0.3, -0.25) is 0 Å². The van der Waals surface area contributed by atoms with Gasteiger partial charge in [0.25, 0.3) is 0 Å². The van der Waals surface area contributed by atoms with E-state index in [1.165, 1.54) is 24.8 Å². The Bertz CT molecular complexity index is 2000. The van der Waals surface area contributed by atoms with Crippen LogP contribution in [-0.2, 0) is 0 Å². The summed E-state index contributed by atoms with van der Waals surface area (Å²) >= 11 is 0. The van der Waals surface area contributed by atoms with Crippen LogP contribution in [0.4, 0.5) is 0 Å². The molecular formula is C23H9N17. The lowest BCUT2D eigenvalue weighted by Gasteiger charge is -2.07. The highest BCUT2D eigenvalue weighted by atomic mass is 15.1. The molecule has 0 saturated carbocycles. The number of allylic oxidation sites excluding steroid dienone is 3. The largest absolute Gasteiger partial charge is 0.382 e. The second-order valence-corrected chi connectivity index (χ2v) is 7.79. The predicted molar refractivity (Wildman–Crippen MR) is 131 cm³/mol. The summed E-state index contributed by atoms with van der Waals surface area (Å²) in [6.45, 7) is 1.62. The van der Waals surface area contributed by atoms with Crippen LogP contribution in [0.15, 0.2) is 72.2 Å². The van der Waals surface area contributed by atoms with Gasteiger partial charge in [0, 0.05) is 24.8 Å².